The Bertz CT molecular complexity index is 1030. The number of halogens is 3. The fourth-order valence-corrected chi connectivity index (χ4v) is 4.43. The highest BCUT2D eigenvalue weighted by atomic mass is 32.1. The zero-order chi connectivity index (χ0) is 24.3. The molecule has 0 radical (unpaired) electrons. The number of amides is 3. The number of aromatic nitrogens is 1. The predicted molar refractivity (Wildman–Crippen MR) is 114 cm³/mol. The number of likely N-dealkylation sites (tertiary alicyclic amines) is 1. The summed E-state index contributed by atoms with van der Waals surface area (Å²) in [7, 11) is 0. The average Bonchev–Trinajstić information content (AvgIpc) is 3.35. The van der Waals surface area contributed by atoms with E-state index in [0.717, 1.165) is 28.6 Å². The van der Waals surface area contributed by atoms with Crippen LogP contribution in [-0.2, 0) is 20.9 Å². The molecule has 0 aliphatic carbocycles. The van der Waals surface area contributed by atoms with Gasteiger partial charge in [-0.2, -0.15) is 13.2 Å². The Morgan fingerprint density at radius 1 is 1.27 bits per heavy atom. The lowest BCUT2D eigenvalue weighted by atomic mass is 10.1. The molecule has 0 saturated carbocycles. The molecule has 1 aliphatic heterocycles. The van der Waals surface area contributed by atoms with Gasteiger partial charge in [-0.05, 0) is 18.1 Å². The number of carbonyl (C=O) groups is 3. The van der Waals surface area contributed by atoms with Gasteiger partial charge in [-0.3, -0.25) is 14.4 Å². The largest absolute Gasteiger partial charge is 0.417 e. The maximum absolute atomic E-state index is 13.3. The lowest BCUT2D eigenvalue weighted by Gasteiger charge is -2.29. The zero-order valence-corrected chi connectivity index (χ0v) is 18.7. The summed E-state index contributed by atoms with van der Waals surface area (Å²) in [6.45, 7) is 2.41. The number of nitrogens with one attached hydrogen (secondary N) is 2. The molecule has 3 atom stereocenters. The highest BCUT2D eigenvalue weighted by molar-refractivity contribution is 7.13. The van der Waals surface area contributed by atoms with E-state index < -0.39 is 48.6 Å². The Labute approximate surface area is 191 Å². The third-order valence-corrected chi connectivity index (χ3v) is 6.19. The van der Waals surface area contributed by atoms with Crippen molar-refractivity contribution < 1.29 is 32.7 Å². The molecular formula is C21H23F3N4O4S. The molecule has 0 bridgehead atoms. The fourth-order valence-electron chi connectivity index (χ4n) is 3.62. The van der Waals surface area contributed by atoms with Crippen molar-refractivity contribution in [3.8, 4) is 10.4 Å². The summed E-state index contributed by atoms with van der Waals surface area (Å²) in [5.41, 5.74) is 4.37. The van der Waals surface area contributed by atoms with Crippen LogP contribution in [0.5, 0.6) is 0 Å². The number of aliphatic hydroxyl groups is 1. The van der Waals surface area contributed by atoms with Crippen molar-refractivity contribution in [2.24, 2.45) is 0 Å². The third-order valence-electron chi connectivity index (χ3n) is 5.21. The van der Waals surface area contributed by atoms with Crippen molar-refractivity contribution in [1.29, 1.82) is 0 Å². The second kappa shape index (κ2) is 9.87. The molecule has 1 aromatic heterocycles. The standard InChI is InChI=1S/C21H23F3N4O4S/c1-11-17(33-10-26-11)14-5-3-13(4-6-14)8-25-19(31)16-7-15(30)9-28(16)20(32)18(21(22,23)24)27-12(2)29/h3-6,10,15-16,18,30H,7-9H2,1-2H3,(H,25,31)(H,27,29)/t15-,16+,18?/m1/s1. The van der Waals surface area contributed by atoms with Crippen LogP contribution in [0, 0.1) is 6.92 Å². The van der Waals surface area contributed by atoms with Gasteiger partial charge in [0.1, 0.15) is 6.04 Å². The minimum absolute atomic E-state index is 0.0871. The van der Waals surface area contributed by atoms with Crippen LogP contribution in [0.2, 0.25) is 0 Å². The summed E-state index contributed by atoms with van der Waals surface area (Å²) in [5, 5.41) is 14.1. The quantitative estimate of drug-likeness (QED) is 0.579. The van der Waals surface area contributed by atoms with Gasteiger partial charge >= 0.3 is 6.18 Å². The molecule has 2 heterocycles. The van der Waals surface area contributed by atoms with Gasteiger partial charge in [0.05, 0.1) is 22.2 Å². The van der Waals surface area contributed by atoms with Gasteiger partial charge in [0.15, 0.2) is 0 Å². The van der Waals surface area contributed by atoms with Crippen molar-refractivity contribution in [1.82, 2.24) is 20.5 Å². The van der Waals surface area contributed by atoms with E-state index in [1.165, 1.54) is 11.3 Å². The van der Waals surface area contributed by atoms with Gasteiger partial charge < -0.3 is 20.6 Å². The van der Waals surface area contributed by atoms with E-state index >= 15 is 0 Å². The van der Waals surface area contributed by atoms with Crippen molar-refractivity contribution in [3.63, 3.8) is 0 Å². The van der Waals surface area contributed by atoms with Crippen LogP contribution in [0.25, 0.3) is 10.4 Å². The number of nitrogens with zero attached hydrogens (tertiary/aromatic N) is 2. The van der Waals surface area contributed by atoms with E-state index in [-0.39, 0.29) is 13.0 Å². The molecule has 3 N–H and O–H groups in total. The smallest absolute Gasteiger partial charge is 0.391 e. The lowest BCUT2D eigenvalue weighted by molar-refractivity contribution is -0.179. The number of hydrogen-bond acceptors (Lipinski definition) is 6. The van der Waals surface area contributed by atoms with Crippen LogP contribution < -0.4 is 10.6 Å². The number of β-amino-alcohol motifs (C(OH)–C–C–N with tert-alkyl or cyclic N) is 1. The van der Waals surface area contributed by atoms with Crippen molar-refractivity contribution in [2.45, 2.75) is 51.2 Å². The lowest BCUT2D eigenvalue weighted by Crippen LogP contribution is -2.58. The highest BCUT2D eigenvalue weighted by Gasteiger charge is 2.51. The molecule has 0 spiro atoms. The minimum Gasteiger partial charge on any atom is -0.391 e. The van der Waals surface area contributed by atoms with E-state index in [1.807, 2.05) is 19.1 Å². The molecule has 3 rings (SSSR count). The Hall–Kier alpha value is -2.99. The summed E-state index contributed by atoms with van der Waals surface area (Å²) in [4.78, 5) is 42.3. The SMILES string of the molecule is CC(=O)NC(C(=O)N1C[C@H](O)C[C@H]1C(=O)NCc1ccc(-c2scnc2C)cc1)C(F)(F)F. The molecule has 33 heavy (non-hydrogen) atoms. The van der Waals surface area contributed by atoms with Gasteiger partial charge in [0.2, 0.25) is 17.9 Å². The topological polar surface area (TPSA) is 112 Å². The molecular weight excluding hydrogens is 461 g/mol. The van der Waals surface area contributed by atoms with Gasteiger partial charge in [0.25, 0.3) is 5.91 Å². The van der Waals surface area contributed by atoms with E-state index in [9.17, 15) is 32.7 Å². The third kappa shape index (κ3) is 5.88. The molecule has 1 aromatic carbocycles. The maximum atomic E-state index is 13.3. The molecule has 1 fully saturated rings. The van der Waals surface area contributed by atoms with E-state index in [1.54, 1.807) is 23.0 Å². The number of rotatable bonds is 6. The van der Waals surface area contributed by atoms with Crippen molar-refractivity contribution >= 4 is 29.1 Å². The molecule has 8 nitrogen and oxygen atoms in total. The van der Waals surface area contributed by atoms with Crippen molar-refractivity contribution in [2.75, 3.05) is 6.54 Å². The van der Waals surface area contributed by atoms with Gasteiger partial charge in [-0.25, -0.2) is 4.98 Å². The van der Waals surface area contributed by atoms with Crippen LogP contribution in [0.15, 0.2) is 29.8 Å². The maximum Gasteiger partial charge on any atom is 0.417 e. The first-order valence-electron chi connectivity index (χ1n) is 10.1. The second-order valence-electron chi connectivity index (χ2n) is 7.75. The van der Waals surface area contributed by atoms with Crippen LogP contribution in [0.1, 0.15) is 24.6 Å². The summed E-state index contributed by atoms with van der Waals surface area (Å²) in [5.74, 6) is -3.21. The van der Waals surface area contributed by atoms with E-state index in [4.69, 9.17) is 0 Å². The van der Waals surface area contributed by atoms with Crippen molar-refractivity contribution in [3.05, 3.63) is 41.0 Å². The van der Waals surface area contributed by atoms with Crippen LogP contribution in [-0.4, -0.2) is 63.6 Å². The zero-order valence-electron chi connectivity index (χ0n) is 17.8. The highest BCUT2D eigenvalue weighted by Crippen LogP contribution is 2.28. The second-order valence-corrected chi connectivity index (χ2v) is 8.61. The number of carbonyl (C=O) groups excluding carboxylic acids is 3. The molecule has 3 amide bonds. The molecule has 2 aromatic rings. The predicted octanol–water partition coefficient (Wildman–Crippen LogP) is 1.76. The summed E-state index contributed by atoms with van der Waals surface area (Å²) < 4.78 is 39.9. The van der Waals surface area contributed by atoms with Crippen LogP contribution in [0.3, 0.4) is 0 Å². The van der Waals surface area contributed by atoms with Gasteiger partial charge in [-0.15, -0.1) is 11.3 Å². The number of hydrogen-bond donors (Lipinski definition) is 3. The average molecular weight is 485 g/mol. The Kier molecular flexibility index (Phi) is 7.38. The Balaban J connectivity index is 1.67. The Morgan fingerprint density at radius 2 is 1.94 bits per heavy atom. The van der Waals surface area contributed by atoms with E-state index in [2.05, 4.69) is 10.3 Å². The summed E-state index contributed by atoms with van der Waals surface area (Å²) >= 11 is 1.51. The normalized spacial score (nSPS) is 19.3. The number of aryl methyl sites for hydroxylation is 1. The number of benzene rings is 1. The number of alkyl halides is 3. The Morgan fingerprint density at radius 3 is 2.48 bits per heavy atom. The molecule has 178 valence electrons. The summed E-state index contributed by atoms with van der Waals surface area (Å²) in [6, 6.07) is 3.27. The number of thiazole rings is 1. The molecule has 1 unspecified atom stereocenters. The van der Waals surface area contributed by atoms with Gasteiger partial charge in [0, 0.05) is 26.4 Å². The molecule has 1 saturated heterocycles. The molecule has 1 aliphatic rings. The summed E-state index contributed by atoms with van der Waals surface area (Å²) in [6.07, 6.45) is -6.40. The van der Waals surface area contributed by atoms with Crippen LogP contribution >= 0.6 is 11.3 Å². The first-order valence-corrected chi connectivity index (χ1v) is 10.9. The van der Waals surface area contributed by atoms with E-state index in [0.29, 0.717) is 4.90 Å². The molecule has 12 heteroatoms. The van der Waals surface area contributed by atoms with Gasteiger partial charge in [-0.1, -0.05) is 24.3 Å². The minimum atomic E-state index is -5.05. The monoisotopic (exact) mass is 484 g/mol. The first-order chi connectivity index (χ1) is 15.5. The first kappa shape index (κ1) is 24.6. The fraction of sp³-hybridized carbons (Fsp3) is 0.429. The number of aliphatic hydroxyl groups excluding tert-OH is 1. The van der Waals surface area contributed by atoms with Crippen LogP contribution in [0.4, 0.5) is 13.2 Å².